The summed E-state index contributed by atoms with van der Waals surface area (Å²) in [4.78, 5) is 0. The van der Waals surface area contributed by atoms with Gasteiger partial charge in [0.1, 0.15) is 0 Å². The molecule has 0 saturated carbocycles. The third-order valence-corrected chi connectivity index (χ3v) is 5.33. The summed E-state index contributed by atoms with van der Waals surface area (Å²) in [5, 5.41) is 18.2. The van der Waals surface area contributed by atoms with Crippen molar-refractivity contribution in [3.05, 3.63) is 11.6 Å². The number of aromatic nitrogens is 6. The Morgan fingerprint density at radius 2 is 1.19 bits per heavy atom. The summed E-state index contributed by atoms with van der Waals surface area (Å²) in [7, 11) is 0. The summed E-state index contributed by atoms with van der Waals surface area (Å²) < 4.78 is 3.22. The predicted molar refractivity (Wildman–Crippen MR) is 83.1 cm³/mol. The number of fused-ring (bicyclic) bond motifs is 4. The minimum Gasteiger partial charge on any atom is -0.336 e. The van der Waals surface area contributed by atoms with Crippen molar-refractivity contribution in [2.75, 3.05) is 23.2 Å². The fourth-order valence-electron chi connectivity index (χ4n) is 2.10. The Labute approximate surface area is 131 Å². The monoisotopic (exact) mass is 326 g/mol. The van der Waals surface area contributed by atoms with Gasteiger partial charge in [-0.05, 0) is 19.3 Å². The molecule has 3 heterocycles. The van der Waals surface area contributed by atoms with Crippen LogP contribution in [0.3, 0.4) is 0 Å². The van der Waals surface area contributed by atoms with E-state index in [2.05, 4.69) is 20.4 Å². The van der Waals surface area contributed by atoms with E-state index >= 15 is 0 Å². The van der Waals surface area contributed by atoms with Gasteiger partial charge in [-0.2, -0.15) is 0 Å². The lowest BCUT2D eigenvalue weighted by molar-refractivity contribution is 0.653. The van der Waals surface area contributed by atoms with Gasteiger partial charge in [-0.3, -0.25) is 0 Å². The van der Waals surface area contributed by atoms with Gasteiger partial charge in [0.15, 0.2) is 11.6 Å². The number of nitrogens with two attached hydrogens (primary N) is 2. The van der Waals surface area contributed by atoms with Crippen LogP contribution in [0.15, 0.2) is 10.3 Å². The maximum atomic E-state index is 6.02. The molecule has 8 nitrogen and oxygen atoms in total. The average molecular weight is 326 g/mol. The lowest BCUT2D eigenvalue weighted by atomic mass is 10.2. The van der Waals surface area contributed by atoms with Crippen LogP contribution >= 0.6 is 23.5 Å². The standard InChI is InChI=1S/C11H18N8S2/c12-18-8-4-1-2-5-9-15-17-11(19(9)13)21-7-3-6-20-10(18)16-14-8/h1-7,12-13H2. The molecule has 4 bridgehead atoms. The van der Waals surface area contributed by atoms with E-state index in [9.17, 15) is 0 Å². The molecule has 0 spiro atoms. The smallest absolute Gasteiger partial charge is 0.209 e. The van der Waals surface area contributed by atoms with E-state index in [1.165, 1.54) is 0 Å². The fourth-order valence-corrected chi connectivity index (χ4v) is 3.92. The highest BCUT2D eigenvalue weighted by molar-refractivity contribution is 8.00. The van der Waals surface area contributed by atoms with Crippen molar-refractivity contribution < 1.29 is 0 Å². The number of thioether (sulfide) groups is 2. The first-order chi connectivity index (χ1) is 10.3. The zero-order chi connectivity index (χ0) is 14.7. The predicted octanol–water partition coefficient (Wildman–Crippen LogP) is 0.450. The van der Waals surface area contributed by atoms with E-state index in [0.717, 1.165) is 65.6 Å². The van der Waals surface area contributed by atoms with Crippen molar-refractivity contribution in [2.24, 2.45) is 0 Å². The zero-order valence-electron chi connectivity index (χ0n) is 11.6. The average Bonchev–Trinajstić information content (AvgIpc) is 3.00. The summed E-state index contributed by atoms with van der Waals surface area (Å²) in [6.07, 6.45) is 4.57. The van der Waals surface area contributed by atoms with Gasteiger partial charge in [-0.1, -0.05) is 23.5 Å². The minimum atomic E-state index is 0.786. The third kappa shape index (κ3) is 3.26. The van der Waals surface area contributed by atoms with Crippen molar-refractivity contribution in [3.8, 4) is 0 Å². The second kappa shape index (κ2) is 6.56. The molecule has 0 aliphatic carbocycles. The first-order valence-electron chi connectivity index (χ1n) is 6.90. The van der Waals surface area contributed by atoms with Crippen LogP contribution in [0, 0.1) is 0 Å². The van der Waals surface area contributed by atoms with Crippen LogP contribution in [0.1, 0.15) is 30.9 Å². The maximum absolute atomic E-state index is 6.02. The highest BCUT2D eigenvalue weighted by atomic mass is 32.2. The van der Waals surface area contributed by atoms with Crippen LogP contribution in [0.4, 0.5) is 0 Å². The van der Waals surface area contributed by atoms with Crippen molar-refractivity contribution >= 4 is 23.5 Å². The molecule has 21 heavy (non-hydrogen) atoms. The molecule has 0 unspecified atom stereocenters. The Kier molecular flexibility index (Phi) is 4.54. The molecule has 0 atom stereocenters. The van der Waals surface area contributed by atoms with Crippen molar-refractivity contribution in [1.82, 2.24) is 29.7 Å². The molecule has 0 aromatic carbocycles. The Bertz CT molecular complexity index is 555. The Balaban J connectivity index is 1.72. The first-order valence-corrected chi connectivity index (χ1v) is 8.87. The van der Waals surface area contributed by atoms with Gasteiger partial charge in [0.05, 0.1) is 0 Å². The van der Waals surface area contributed by atoms with E-state index in [1.807, 2.05) is 0 Å². The van der Waals surface area contributed by atoms with Crippen LogP contribution in [0.25, 0.3) is 0 Å². The second-order valence-corrected chi connectivity index (χ2v) is 6.92. The normalized spacial score (nSPS) is 17.1. The summed E-state index contributed by atoms with van der Waals surface area (Å²) in [5.41, 5.74) is 0. The molecule has 0 radical (unpaired) electrons. The summed E-state index contributed by atoms with van der Waals surface area (Å²) in [6.45, 7) is 0. The van der Waals surface area contributed by atoms with E-state index in [1.54, 1.807) is 32.9 Å². The zero-order valence-corrected chi connectivity index (χ0v) is 13.2. The van der Waals surface area contributed by atoms with E-state index in [4.69, 9.17) is 11.7 Å². The van der Waals surface area contributed by atoms with Crippen molar-refractivity contribution in [1.29, 1.82) is 0 Å². The molecule has 2 aromatic heterocycles. The van der Waals surface area contributed by atoms with Gasteiger partial charge < -0.3 is 11.7 Å². The highest BCUT2D eigenvalue weighted by Gasteiger charge is 2.13. The Hall–Kier alpha value is -1.42. The van der Waals surface area contributed by atoms with Gasteiger partial charge in [0.25, 0.3) is 0 Å². The van der Waals surface area contributed by atoms with Crippen LogP contribution in [0.5, 0.6) is 0 Å². The molecule has 10 heteroatoms. The fraction of sp³-hybridized carbons (Fsp3) is 0.636. The number of nitrogens with zero attached hydrogens (tertiary/aromatic N) is 6. The van der Waals surface area contributed by atoms with Crippen molar-refractivity contribution in [2.45, 2.75) is 42.4 Å². The molecule has 2 aromatic rings. The molecule has 3 rings (SSSR count). The summed E-state index contributed by atoms with van der Waals surface area (Å²) in [5.74, 6) is 15.6. The number of hydrogen-bond acceptors (Lipinski definition) is 8. The van der Waals surface area contributed by atoms with E-state index in [0.29, 0.717) is 0 Å². The number of nitrogen functional groups attached to an aromatic ring is 2. The van der Waals surface area contributed by atoms with Crippen LogP contribution in [-0.2, 0) is 12.8 Å². The lowest BCUT2D eigenvalue weighted by Crippen LogP contribution is -2.15. The minimum absolute atomic E-state index is 0.786. The molecule has 0 fully saturated rings. The quantitative estimate of drug-likeness (QED) is 0.671. The number of aryl methyl sites for hydroxylation is 2. The molecular formula is C11H18N8S2. The molecule has 4 N–H and O–H groups in total. The first kappa shape index (κ1) is 14.5. The van der Waals surface area contributed by atoms with Crippen LogP contribution in [-0.4, -0.2) is 41.3 Å². The Morgan fingerprint density at radius 1 is 0.714 bits per heavy atom. The lowest BCUT2D eigenvalue weighted by Gasteiger charge is -2.03. The SMILES string of the molecule is Nn1c2nnc1SCCCSc1nnc(n1N)CCCC2. The Morgan fingerprint density at radius 3 is 1.67 bits per heavy atom. The summed E-state index contributed by atoms with van der Waals surface area (Å²) in [6, 6.07) is 0. The van der Waals surface area contributed by atoms with Gasteiger partial charge in [0.2, 0.25) is 10.3 Å². The van der Waals surface area contributed by atoms with Crippen molar-refractivity contribution in [3.63, 3.8) is 0 Å². The molecule has 114 valence electrons. The van der Waals surface area contributed by atoms with Gasteiger partial charge in [-0.15, -0.1) is 20.4 Å². The van der Waals surface area contributed by atoms with Crippen LogP contribution in [0.2, 0.25) is 0 Å². The molecule has 0 saturated heterocycles. The molecular weight excluding hydrogens is 308 g/mol. The highest BCUT2D eigenvalue weighted by Crippen LogP contribution is 2.21. The molecule has 0 amide bonds. The van der Waals surface area contributed by atoms with Crippen LogP contribution < -0.4 is 11.7 Å². The van der Waals surface area contributed by atoms with E-state index in [-0.39, 0.29) is 0 Å². The molecule has 1 aliphatic rings. The van der Waals surface area contributed by atoms with E-state index < -0.39 is 0 Å². The molecule has 1 aliphatic heterocycles. The van der Waals surface area contributed by atoms with Gasteiger partial charge in [-0.25, -0.2) is 9.35 Å². The van der Waals surface area contributed by atoms with Gasteiger partial charge in [0, 0.05) is 24.3 Å². The second-order valence-electron chi connectivity index (χ2n) is 4.80. The number of rotatable bonds is 0. The summed E-state index contributed by atoms with van der Waals surface area (Å²) >= 11 is 3.27. The topological polar surface area (TPSA) is 113 Å². The van der Waals surface area contributed by atoms with Gasteiger partial charge >= 0.3 is 0 Å². The maximum Gasteiger partial charge on any atom is 0.209 e. The number of hydrogen-bond donors (Lipinski definition) is 2. The largest absolute Gasteiger partial charge is 0.336 e. The third-order valence-electron chi connectivity index (χ3n) is 3.27.